The number of imidazole rings is 1. The van der Waals surface area contributed by atoms with E-state index in [0.29, 0.717) is 12.0 Å². The molecule has 1 rings (SSSR count). The van der Waals surface area contributed by atoms with Gasteiger partial charge >= 0.3 is 0 Å². The van der Waals surface area contributed by atoms with Gasteiger partial charge in [-0.15, -0.1) is 0 Å². The van der Waals surface area contributed by atoms with Crippen molar-refractivity contribution in [3.63, 3.8) is 0 Å². The number of hydrogen-bond donors (Lipinski definition) is 1. The Morgan fingerprint density at radius 1 is 1.35 bits per heavy atom. The summed E-state index contributed by atoms with van der Waals surface area (Å²) in [6, 6.07) is 0. The van der Waals surface area contributed by atoms with Gasteiger partial charge in [0, 0.05) is 26.4 Å². The maximum atomic E-state index is 5.14. The number of nitrogens with one attached hydrogen (secondary N) is 1. The Morgan fingerprint density at radius 2 is 2.10 bits per heavy atom. The number of nitrogens with zero attached hydrogens (tertiary/aromatic N) is 2. The minimum Gasteiger partial charge on any atom is -0.383 e. The van der Waals surface area contributed by atoms with E-state index in [0.717, 1.165) is 24.7 Å². The van der Waals surface area contributed by atoms with E-state index in [2.05, 4.69) is 41.8 Å². The molecule has 0 atom stereocenters. The molecule has 4 nitrogen and oxygen atoms in total. The van der Waals surface area contributed by atoms with Gasteiger partial charge in [-0.3, -0.25) is 0 Å². The number of methoxy groups -OCH3 is 1. The molecule has 1 aromatic rings. The third-order valence-electron chi connectivity index (χ3n) is 3.62. The molecule has 0 aromatic carbocycles. The molecule has 0 fully saturated rings. The van der Waals surface area contributed by atoms with E-state index >= 15 is 0 Å². The lowest BCUT2D eigenvalue weighted by Gasteiger charge is -2.25. The molecular weight excluding hydrogens is 250 g/mol. The highest BCUT2D eigenvalue weighted by molar-refractivity contribution is 5.29. The number of aromatic nitrogens is 2. The summed E-state index contributed by atoms with van der Waals surface area (Å²) in [7, 11) is 1.73. The Bertz CT molecular complexity index is 385. The number of unbranched alkanes of at least 4 members (excludes halogenated alkanes) is 2. The lowest BCUT2D eigenvalue weighted by Crippen LogP contribution is -2.24. The van der Waals surface area contributed by atoms with Gasteiger partial charge in [-0.2, -0.15) is 0 Å². The van der Waals surface area contributed by atoms with Crippen LogP contribution in [0.3, 0.4) is 0 Å². The predicted molar refractivity (Wildman–Crippen MR) is 85.3 cm³/mol. The third kappa shape index (κ3) is 5.95. The van der Waals surface area contributed by atoms with Crippen molar-refractivity contribution < 1.29 is 4.74 Å². The minimum atomic E-state index is 0.307. The Morgan fingerprint density at radius 3 is 2.75 bits per heavy atom. The average molecular weight is 281 g/mol. The molecule has 0 spiro atoms. The van der Waals surface area contributed by atoms with Crippen molar-refractivity contribution in [3.05, 3.63) is 11.9 Å². The molecular formula is C16H31N3O. The maximum absolute atomic E-state index is 5.14. The van der Waals surface area contributed by atoms with Crippen LogP contribution >= 0.6 is 0 Å². The molecule has 0 bridgehead atoms. The lowest BCUT2D eigenvalue weighted by atomic mass is 9.87. The molecule has 0 aliphatic rings. The summed E-state index contributed by atoms with van der Waals surface area (Å²) in [6.07, 6.45) is 7.24. The number of anilines is 1. The molecule has 0 saturated heterocycles. The number of aryl methyl sites for hydroxylation is 1. The molecule has 0 radical (unpaired) electrons. The molecule has 0 saturated carbocycles. The Balaban J connectivity index is 2.51. The zero-order valence-corrected chi connectivity index (χ0v) is 13.8. The van der Waals surface area contributed by atoms with E-state index in [-0.39, 0.29) is 0 Å². The fourth-order valence-electron chi connectivity index (χ4n) is 2.31. The Hall–Kier alpha value is -1.03. The highest BCUT2D eigenvalue weighted by Crippen LogP contribution is 2.24. The summed E-state index contributed by atoms with van der Waals surface area (Å²) in [4.78, 5) is 4.56. The van der Waals surface area contributed by atoms with E-state index in [4.69, 9.17) is 4.74 Å². The van der Waals surface area contributed by atoms with Crippen molar-refractivity contribution in [2.24, 2.45) is 5.41 Å². The second kappa shape index (κ2) is 8.30. The van der Waals surface area contributed by atoms with E-state index < -0.39 is 0 Å². The zero-order chi connectivity index (χ0) is 15.0. The Kier molecular flexibility index (Phi) is 7.06. The van der Waals surface area contributed by atoms with Crippen LogP contribution in [-0.2, 0) is 11.3 Å². The van der Waals surface area contributed by atoms with Gasteiger partial charge in [0.1, 0.15) is 0 Å². The molecule has 0 amide bonds. The minimum absolute atomic E-state index is 0.307. The molecule has 0 unspecified atom stereocenters. The van der Waals surface area contributed by atoms with E-state index in [1.165, 1.54) is 25.7 Å². The van der Waals surface area contributed by atoms with Crippen molar-refractivity contribution in [3.8, 4) is 0 Å². The van der Waals surface area contributed by atoms with Crippen LogP contribution in [0, 0.1) is 12.3 Å². The fourth-order valence-corrected chi connectivity index (χ4v) is 2.31. The normalized spacial score (nSPS) is 11.8. The Labute approximate surface area is 123 Å². The summed E-state index contributed by atoms with van der Waals surface area (Å²) in [5.41, 5.74) is 1.36. The lowest BCUT2D eigenvalue weighted by molar-refractivity contribution is 0.187. The summed E-state index contributed by atoms with van der Waals surface area (Å²) in [6.45, 7) is 11.4. The van der Waals surface area contributed by atoms with Crippen molar-refractivity contribution in [2.75, 3.05) is 25.6 Å². The quantitative estimate of drug-likeness (QED) is 0.662. The van der Waals surface area contributed by atoms with Crippen LogP contribution in [0.15, 0.2) is 6.20 Å². The largest absolute Gasteiger partial charge is 0.383 e. The second-order valence-electron chi connectivity index (χ2n) is 6.37. The topological polar surface area (TPSA) is 39.1 Å². The summed E-state index contributed by atoms with van der Waals surface area (Å²) in [5.74, 6) is 0.961. The monoisotopic (exact) mass is 281 g/mol. The third-order valence-corrected chi connectivity index (χ3v) is 3.62. The van der Waals surface area contributed by atoms with E-state index in [1.54, 1.807) is 7.11 Å². The van der Waals surface area contributed by atoms with Crippen LogP contribution in [0.4, 0.5) is 5.95 Å². The standard InChI is InChI=1S/C16H31N3O/c1-6-7-8-9-16(3,4)13-17-15-18-14(2)12-19(15)10-11-20-5/h12H,6-11,13H2,1-5H3,(H,17,18). The summed E-state index contributed by atoms with van der Waals surface area (Å²) >= 11 is 0. The average Bonchev–Trinajstić information content (AvgIpc) is 2.75. The van der Waals surface area contributed by atoms with Gasteiger partial charge in [-0.25, -0.2) is 4.98 Å². The highest BCUT2D eigenvalue weighted by Gasteiger charge is 2.18. The predicted octanol–water partition coefficient (Wildman–Crippen LogP) is 3.86. The molecule has 1 heterocycles. The van der Waals surface area contributed by atoms with Crippen molar-refractivity contribution in [2.45, 2.75) is 59.9 Å². The number of rotatable bonds is 10. The van der Waals surface area contributed by atoms with Crippen LogP contribution in [0.2, 0.25) is 0 Å². The smallest absolute Gasteiger partial charge is 0.203 e. The van der Waals surface area contributed by atoms with Crippen LogP contribution in [0.1, 0.15) is 52.1 Å². The molecule has 0 aliphatic carbocycles. The summed E-state index contributed by atoms with van der Waals surface area (Å²) < 4.78 is 7.28. The van der Waals surface area contributed by atoms with Gasteiger partial charge in [0.2, 0.25) is 5.95 Å². The van der Waals surface area contributed by atoms with Gasteiger partial charge < -0.3 is 14.6 Å². The van der Waals surface area contributed by atoms with Gasteiger partial charge in [0.15, 0.2) is 0 Å². The molecule has 116 valence electrons. The molecule has 0 aliphatic heterocycles. The van der Waals surface area contributed by atoms with Crippen LogP contribution in [0.25, 0.3) is 0 Å². The van der Waals surface area contributed by atoms with Gasteiger partial charge in [-0.05, 0) is 18.8 Å². The second-order valence-corrected chi connectivity index (χ2v) is 6.37. The zero-order valence-electron chi connectivity index (χ0n) is 13.8. The van der Waals surface area contributed by atoms with Gasteiger partial charge in [-0.1, -0.05) is 40.0 Å². The van der Waals surface area contributed by atoms with Crippen molar-refractivity contribution >= 4 is 5.95 Å². The maximum Gasteiger partial charge on any atom is 0.203 e. The van der Waals surface area contributed by atoms with E-state index in [1.807, 2.05) is 6.92 Å². The van der Waals surface area contributed by atoms with Crippen LogP contribution < -0.4 is 5.32 Å². The highest BCUT2D eigenvalue weighted by atomic mass is 16.5. The van der Waals surface area contributed by atoms with Crippen molar-refractivity contribution in [1.82, 2.24) is 9.55 Å². The first-order valence-corrected chi connectivity index (χ1v) is 7.75. The summed E-state index contributed by atoms with van der Waals surface area (Å²) in [5, 5.41) is 3.51. The molecule has 4 heteroatoms. The molecule has 20 heavy (non-hydrogen) atoms. The number of ether oxygens (including phenoxy) is 1. The van der Waals surface area contributed by atoms with Crippen molar-refractivity contribution in [1.29, 1.82) is 0 Å². The van der Waals surface area contributed by atoms with E-state index in [9.17, 15) is 0 Å². The number of hydrogen-bond acceptors (Lipinski definition) is 3. The first-order valence-electron chi connectivity index (χ1n) is 7.75. The van der Waals surface area contributed by atoms with Crippen LogP contribution in [-0.4, -0.2) is 29.8 Å². The SMILES string of the molecule is CCCCCC(C)(C)CNc1nc(C)cn1CCOC. The molecule has 1 aromatic heterocycles. The first-order chi connectivity index (χ1) is 9.48. The molecule has 1 N–H and O–H groups in total. The fraction of sp³-hybridized carbons (Fsp3) is 0.812. The first kappa shape index (κ1) is 17.0. The van der Waals surface area contributed by atoms with Gasteiger partial charge in [0.05, 0.1) is 12.3 Å². The van der Waals surface area contributed by atoms with Crippen LogP contribution in [0.5, 0.6) is 0 Å². The van der Waals surface area contributed by atoms with Gasteiger partial charge in [0.25, 0.3) is 0 Å².